The molecule has 1 aliphatic rings. The fourth-order valence-corrected chi connectivity index (χ4v) is 1.38. The molecule has 1 aromatic heterocycles. The second kappa shape index (κ2) is 3.59. The molecule has 0 aliphatic carbocycles. The molecule has 0 aromatic carbocycles. The molecule has 4 N–H and O–H groups in total. The monoisotopic (exact) mass is 193 g/mol. The van der Waals surface area contributed by atoms with Crippen molar-refractivity contribution >= 4 is 11.7 Å². The zero-order valence-corrected chi connectivity index (χ0v) is 7.53. The first-order valence-electron chi connectivity index (χ1n) is 4.34. The Kier molecular flexibility index (Phi) is 2.28. The summed E-state index contributed by atoms with van der Waals surface area (Å²) in [7, 11) is 0. The lowest BCUT2D eigenvalue weighted by Crippen LogP contribution is -2.43. The average molecular weight is 193 g/mol. The first-order chi connectivity index (χ1) is 6.75. The second-order valence-corrected chi connectivity index (χ2v) is 3.10. The first kappa shape index (κ1) is 8.89. The molecule has 2 heterocycles. The number of amides is 1. The Labute approximate surface area is 80.9 Å². The molecule has 1 atom stereocenters. The van der Waals surface area contributed by atoms with Crippen LogP contribution < -0.4 is 16.4 Å². The Hall–Kier alpha value is -1.69. The third-order valence-corrected chi connectivity index (χ3v) is 2.01. The Morgan fingerprint density at radius 1 is 1.57 bits per heavy atom. The van der Waals surface area contributed by atoms with Gasteiger partial charge in [-0.2, -0.15) is 0 Å². The van der Waals surface area contributed by atoms with Gasteiger partial charge in [0.25, 0.3) is 0 Å². The number of hydrogen-bond donors (Lipinski definition) is 3. The van der Waals surface area contributed by atoms with E-state index in [4.69, 9.17) is 5.73 Å². The van der Waals surface area contributed by atoms with E-state index in [0.717, 1.165) is 11.5 Å². The molecule has 0 saturated heterocycles. The summed E-state index contributed by atoms with van der Waals surface area (Å²) in [6.07, 6.45) is 3.35. The van der Waals surface area contributed by atoms with Gasteiger partial charge in [0.05, 0.1) is 18.3 Å². The van der Waals surface area contributed by atoms with Crippen LogP contribution in [0.3, 0.4) is 0 Å². The van der Waals surface area contributed by atoms with Gasteiger partial charge >= 0.3 is 0 Å². The quantitative estimate of drug-likeness (QED) is 0.571. The minimum Gasteiger partial charge on any atom is -0.370 e. The normalized spacial score (nSPS) is 19.6. The van der Waals surface area contributed by atoms with Crippen molar-refractivity contribution in [2.45, 2.75) is 19.1 Å². The van der Waals surface area contributed by atoms with Crippen LogP contribution in [0, 0.1) is 0 Å². The van der Waals surface area contributed by atoms with Crippen LogP contribution in [0.2, 0.25) is 0 Å². The molecule has 2 rings (SSSR count). The Balaban J connectivity index is 2.09. The molecular weight excluding hydrogens is 182 g/mol. The van der Waals surface area contributed by atoms with Crippen molar-refractivity contribution in [2.75, 3.05) is 5.32 Å². The number of nitrogens with two attached hydrogens (primary N) is 1. The minimum absolute atomic E-state index is 0.142. The van der Waals surface area contributed by atoms with Gasteiger partial charge in [0.1, 0.15) is 5.82 Å². The predicted octanol–water partition coefficient (Wildman–Crippen LogP) is -0.807. The largest absolute Gasteiger partial charge is 0.370 e. The molecule has 6 nitrogen and oxygen atoms in total. The number of aromatic nitrogens is 2. The van der Waals surface area contributed by atoms with Crippen molar-refractivity contribution < 1.29 is 4.79 Å². The van der Waals surface area contributed by atoms with Crippen LogP contribution in [0.4, 0.5) is 5.82 Å². The number of fused-ring (bicyclic) bond motifs is 1. The molecule has 0 bridgehead atoms. The van der Waals surface area contributed by atoms with Gasteiger partial charge in [-0.05, 0) is 0 Å². The maximum atomic E-state index is 10.7. The molecule has 1 unspecified atom stereocenters. The fourth-order valence-electron chi connectivity index (χ4n) is 1.38. The van der Waals surface area contributed by atoms with Gasteiger partial charge in [-0.25, -0.2) is 4.98 Å². The lowest BCUT2D eigenvalue weighted by Gasteiger charge is -2.25. The third kappa shape index (κ3) is 1.80. The lowest BCUT2D eigenvalue weighted by molar-refractivity contribution is -0.118. The van der Waals surface area contributed by atoms with Gasteiger partial charge in [-0.15, -0.1) is 0 Å². The Morgan fingerprint density at radius 3 is 3.14 bits per heavy atom. The number of hydrogen-bond acceptors (Lipinski definition) is 5. The fraction of sp³-hybridized carbons (Fsp3) is 0.375. The van der Waals surface area contributed by atoms with Gasteiger partial charge in [0.2, 0.25) is 5.91 Å². The van der Waals surface area contributed by atoms with Crippen LogP contribution in [0.1, 0.15) is 12.1 Å². The summed E-state index contributed by atoms with van der Waals surface area (Å²) in [5, 5.41) is 6.13. The maximum absolute atomic E-state index is 10.7. The van der Waals surface area contributed by atoms with E-state index in [0.29, 0.717) is 6.54 Å². The average Bonchev–Trinajstić information content (AvgIpc) is 2.17. The van der Waals surface area contributed by atoms with E-state index in [1.54, 1.807) is 12.4 Å². The smallest absolute Gasteiger partial charge is 0.220 e. The number of nitrogens with one attached hydrogen (secondary N) is 2. The van der Waals surface area contributed by atoms with Crippen molar-refractivity contribution in [3.05, 3.63) is 18.1 Å². The number of primary amides is 1. The summed E-state index contributed by atoms with van der Waals surface area (Å²) in [6, 6.07) is 0. The van der Waals surface area contributed by atoms with Crippen LogP contribution in [-0.2, 0) is 11.3 Å². The SMILES string of the molecule is NC(=O)CC1NCc2nccnc2N1. The van der Waals surface area contributed by atoms with E-state index in [1.165, 1.54) is 0 Å². The van der Waals surface area contributed by atoms with Gasteiger partial charge < -0.3 is 11.1 Å². The summed E-state index contributed by atoms with van der Waals surface area (Å²) < 4.78 is 0. The molecule has 14 heavy (non-hydrogen) atoms. The molecule has 1 aromatic rings. The Bertz CT molecular complexity index is 353. The predicted molar refractivity (Wildman–Crippen MR) is 50.1 cm³/mol. The van der Waals surface area contributed by atoms with Crippen LogP contribution in [0.15, 0.2) is 12.4 Å². The van der Waals surface area contributed by atoms with E-state index < -0.39 is 0 Å². The van der Waals surface area contributed by atoms with E-state index in [9.17, 15) is 4.79 Å². The van der Waals surface area contributed by atoms with Crippen LogP contribution in [-0.4, -0.2) is 22.0 Å². The van der Waals surface area contributed by atoms with Crippen LogP contribution >= 0.6 is 0 Å². The molecule has 6 heteroatoms. The molecule has 1 amide bonds. The summed E-state index contributed by atoms with van der Waals surface area (Å²) in [5.74, 6) is 0.375. The summed E-state index contributed by atoms with van der Waals surface area (Å²) >= 11 is 0. The van der Waals surface area contributed by atoms with Gasteiger partial charge in [-0.1, -0.05) is 0 Å². The Morgan fingerprint density at radius 2 is 2.36 bits per heavy atom. The van der Waals surface area contributed by atoms with Crippen molar-refractivity contribution in [3.8, 4) is 0 Å². The van der Waals surface area contributed by atoms with Crippen LogP contribution in [0.25, 0.3) is 0 Å². The molecule has 0 radical (unpaired) electrons. The number of carbonyl (C=O) groups excluding carboxylic acids is 1. The number of rotatable bonds is 2. The van der Waals surface area contributed by atoms with Crippen LogP contribution in [0.5, 0.6) is 0 Å². The molecular formula is C8H11N5O. The zero-order valence-electron chi connectivity index (χ0n) is 7.53. The topological polar surface area (TPSA) is 92.9 Å². The highest BCUT2D eigenvalue weighted by molar-refractivity contribution is 5.75. The number of anilines is 1. The van der Waals surface area contributed by atoms with E-state index >= 15 is 0 Å². The third-order valence-electron chi connectivity index (χ3n) is 2.01. The number of carbonyl (C=O) groups is 1. The van der Waals surface area contributed by atoms with Gasteiger partial charge in [-0.3, -0.25) is 15.1 Å². The highest BCUT2D eigenvalue weighted by Gasteiger charge is 2.19. The lowest BCUT2D eigenvalue weighted by atomic mass is 10.2. The standard InChI is InChI=1S/C8H11N5O/c9-6(14)3-7-12-4-5-8(13-7)11-2-1-10-5/h1-2,7,12H,3-4H2,(H2,9,14)(H,11,13). The van der Waals surface area contributed by atoms with Crippen molar-refractivity contribution in [2.24, 2.45) is 5.73 Å². The second-order valence-electron chi connectivity index (χ2n) is 3.10. The summed E-state index contributed by atoms with van der Waals surface area (Å²) in [6.45, 7) is 0.605. The van der Waals surface area contributed by atoms with Crippen molar-refractivity contribution in [3.63, 3.8) is 0 Å². The van der Waals surface area contributed by atoms with Gasteiger partial charge in [0.15, 0.2) is 0 Å². The molecule has 74 valence electrons. The molecule has 0 saturated carbocycles. The zero-order chi connectivity index (χ0) is 9.97. The van der Waals surface area contributed by atoms with E-state index in [1.807, 2.05) is 0 Å². The highest BCUT2D eigenvalue weighted by Crippen LogP contribution is 2.14. The maximum Gasteiger partial charge on any atom is 0.220 e. The number of nitrogens with zero attached hydrogens (tertiary/aromatic N) is 2. The van der Waals surface area contributed by atoms with Crippen molar-refractivity contribution in [1.29, 1.82) is 0 Å². The summed E-state index contributed by atoms with van der Waals surface area (Å²) in [5.41, 5.74) is 5.94. The molecule has 1 aliphatic heterocycles. The van der Waals surface area contributed by atoms with E-state index in [-0.39, 0.29) is 18.5 Å². The van der Waals surface area contributed by atoms with Crippen molar-refractivity contribution in [1.82, 2.24) is 15.3 Å². The van der Waals surface area contributed by atoms with E-state index in [2.05, 4.69) is 20.6 Å². The summed E-state index contributed by atoms with van der Waals surface area (Å²) in [4.78, 5) is 18.9. The molecule has 0 fully saturated rings. The highest BCUT2D eigenvalue weighted by atomic mass is 16.1. The minimum atomic E-state index is -0.345. The van der Waals surface area contributed by atoms with Gasteiger partial charge in [0, 0.05) is 18.9 Å². The first-order valence-corrected chi connectivity index (χ1v) is 4.34. The molecule has 0 spiro atoms.